The van der Waals surface area contributed by atoms with Gasteiger partial charge in [-0.3, -0.25) is 0 Å². The molecule has 1 unspecified atom stereocenters. The van der Waals surface area contributed by atoms with Gasteiger partial charge in [0.2, 0.25) is 5.52 Å². The average Bonchev–Trinajstić information content (AvgIpc) is 3.40. The number of hydrogen-bond donors (Lipinski definition) is 0. The van der Waals surface area contributed by atoms with Crippen LogP contribution in [-0.4, -0.2) is 6.54 Å². The fraction of sp³-hybridized carbons (Fsp3) is 0.242. The van der Waals surface area contributed by atoms with Crippen molar-refractivity contribution in [3.8, 4) is 0 Å². The summed E-state index contributed by atoms with van der Waals surface area (Å²) in [7, 11) is 2.18. The van der Waals surface area contributed by atoms with E-state index in [9.17, 15) is 0 Å². The second kappa shape index (κ2) is 10.4. The number of benzene rings is 3. The van der Waals surface area contributed by atoms with E-state index < -0.39 is 0 Å². The van der Waals surface area contributed by atoms with Crippen molar-refractivity contribution in [2.45, 2.75) is 44.4 Å². The SMILES string of the molecule is CCN1C(=CC2=CC(=Cc3sc4ccc(C)cc4[n+]3C)CC(c3ccc(Cl)cc3)C2)Sc2ccc(C)cc21. The van der Waals surface area contributed by atoms with Crippen molar-refractivity contribution >= 4 is 56.7 Å². The van der Waals surface area contributed by atoms with Crippen LogP contribution >= 0.6 is 34.7 Å². The number of aryl methyl sites for hydroxylation is 3. The van der Waals surface area contributed by atoms with Crippen LogP contribution in [0.3, 0.4) is 0 Å². The van der Waals surface area contributed by atoms with E-state index in [2.05, 4.69) is 104 Å². The zero-order valence-corrected chi connectivity index (χ0v) is 24.7. The molecule has 0 spiro atoms. The molecular weight excluding hydrogens is 524 g/mol. The fourth-order valence-corrected chi connectivity index (χ4v) is 7.95. The van der Waals surface area contributed by atoms with Gasteiger partial charge in [-0.2, -0.15) is 4.57 Å². The molecule has 1 aliphatic carbocycles. The minimum Gasteiger partial charge on any atom is -0.335 e. The summed E-state index contributed by atoms with van der Waals surface area (Å²) in [5.41, 5.74) is 9.34. The lowest BCUT2D eigenvalue weighted by atomic mass is 9.81. The zero-order chi connectivity index (χ0) is 26.4. The molecule has 0 N–H and O–H groups in total. The smallest absolute Gasteiger partial charge is 0.262 e. The number of hydrogen-bond acceptors (Lipinski definition) is 3. The second-order valence-electron chi connectivity index (χ2n) is 10.4. The summed E-state index contributed by atoms with van der Waals surface area (Å²) in [5, 5.41) is 3.40. The summed E-state index contributed by atoms with van der Waals surface area (Å²) >= 11 is 10.00. The molecule has 4 aromatic rings. The van der Waals surface area contributed by atoms with E-state index >= 15 is 0 Å². The molecule has 1 atom stereocenters. The highest BCUT2D eigenvalue weighted by molar-refractivity contribution is 8.03. The third-order valence-corrected chi connectivity index (χ3v) is 10.0. The third kappa shape index (κ3) is 4.98. The summed E-state index contributed by atoms with van der Waals surface area (Å²) in [6.45, 7) is 7.54. The predicted molar refractivity (Wildman–Crippen MR) is 165 cm³/mol. The van der Waals surface area contributed by atoms with E-state index in [1.807, 2.05) is 35.2 Å². The Balaban J connectivity index is 1.41. The van der Waals surface area contributed by atoms with Gasteiger partial charge in [0.15, 0.2) is 0 Å². The molecule has 0 radical (unpaired) electrons. The molecule has 0 fully saturated rings. The van der Waals surface area contributed by atoms with Gasteiger partial charge in [-0.15, -0.1) is 0 Å². The standard InChI is InChI=1S/C33H32ClN2S2/c1-5-36-29-15-22(3)7-13-31(29)38-33(36)20-24-16-23(17-26(18-24)25-8-10-27(34)11-9-25)19-32-35(4)28-14-21(2)6-12-30(28)37-32/h6-16,19-20,26H,5,17-18H2,1-4H3/q+1. The number of nitrogens with zero attached hydrogens (tertiary/aromatic N) is 2. The van der Waals surface area contributed by atoms with Crippen molar-refractivity contribution in [3.05, 3.63) is 116 Å². The van der Waals surface area contributed by atoms with Gasteiger partial charge in [0, 0.05) is 28.6 Å². The zero-order valence-electron chi connectivity index (χ0n) is 22.3. The van der Waals surface area contributed by atoms with Gasteiger partial charge in [0.1, 0.15) is 11.7 Å². The lowest BCUT2D eigenvalue weighted by Crippen LogP contribution is -2.29. The summed E-state index contributed by atoms with van der Waals surface area (Å²) in [5.74, 6) is 0.420. The maximum absolute atomic E-state index is 6.24. The number of fused-ring (bicyclic) bond motifs is 2. The molecule has 0 bridgehead atoms. The molecule has 2 nitrogen and oxygen atoms in total. The van der Waals surface area contributed by atoms with Gasteiger partial charge < -0.3 is 4.90 Å². The Hall–Kier alpha value is -2.79. The van der Waals surface area contributed by atoms with Crippen LogP contribution in [0.5, 0.6) is 0 Å². The lowest BCUT2D eigenvalue weighted by molar-refractivity contribution is -0.642. The summed E-state index contributed by atoms with van der Waals surface area (Å²) in [6, 6.07) is 22.0. The molecule has 0 saturated heterocycles. The maximum atomic E-state index is 6.24. The van der Waals surface area contributed by atoms with Crippen molar-refractivity contribution in [1.29, 1.82) is 0 Å². The largest absolute Gasteiger partial charge is 0.335 e. The van der Waals surface area contributed by atoms with E-state index in [1.54, 1.807) is 0 Å². The first kappa shape index (κ1) is 25.5. The van der Waals surface area contributed by atoms with Crippen LogP contribution in [0, 0.1) is 13.8 Å². The van der Waals surface area contributed by atoms with Crippen molar-refractivity contribution in [2.24, 2.45) is 7.05 Å². The highest BCUT2D eigenvalue weighted by Crippen LogP contribution is 2.47. The highest BCUT2D eigenvalue weighted by atomic mass is 35.5. The Bertz CT molecular complexity index is 1630. The molecule has 0 amide bonds. The molecule has 6 rings (SSSR count). The number of thiazole rings is 1. The van der Waals surface area contributed by atoms with Gasteiger partial charge in [-0.1, -0.05) is 65.0 Å². The Labute approximate surface area is 239 Å². The first-order valence-electron chi connectivity index (χ1n) is 13.2. The molecule has 3 aromatic carbocycles. The molecule has 38 heavy (non-hydrogen) atoms. The lowest BCUT2D eigenvalue weighted by Gasteiger charge is -2.25. The Kier molecular flexibility index (Phi) is 6.98. The molecule has 0 saturated carbocycles. The molecule has 2 heterocycles. The third-order valence-electron chi connectivity index (χ3n) is 7.52. The quantitative estimate of drug-likeness (QED) is 0.231. The molecule has 1 aromatic heterocycles. The monoisotopic (exact) mass is 555 g/mol. The number of allylic oxidation sites excluding steroid dienone is 4. The first-order valence-corrected chi connectivity index (χ1v) is 15.2. The van der Waals surface area contributed by atoms with Crippen molar-refractivity contribution in [3.63, 3.8) is 0 Å². The highest BCUT2D eigenvalue weighted by Gasteiger charge is 2.27. The van der Waals surface area contributed by atoms with Crippen LogP contribution in [-0.2, 0) is 7.05 Å². The predicted octanol–water partition coefficient (Wildman–Crippen LogP) is 9.36. The second-order valence-corrected chi connectivity index (χ2v) is 12.9. The molecule has 192 valence electrons. The van der Waals surface area contributed by atoms with Gasteiger partial charge in [0.25, 0.3) is 5.01 Å². The minimum atomic E-state index is 0.420. The van der Waals surface area contributed by atoms with E-state index in [0.717, 1.165) is 24.4 Å². The number of halogens is 1. The van der Waals surface area contributed by atoms with E-state index in [-0.39, 0.29) is 0 Å². The summed E-state index contributed by atoms with van der Waals surface area (Å²) in [4.78, 5) is 3.80. The maximum Gasteiger partial charge on any atom is 0.262 e. The van der Waals surface area contributed by atoms with Crippen LogP contribution < -0.4 is 9.47 Å². The fourth-order valence-electron chi connectivity index (χ4n) is 5.53. The van der Waals surface area contributed by atoms with E-state index in [1.165, 1.54) is 58.7 Å². The van der Waals surface area contributed by atoms with E-state index in [4.69, 9.17) is 11.6 Å². The van der Waals surface area contributed by atoms with Crippen LogP contribution in [0.15, 0.2) is 93.9 Å². The summed E-state index contributed by atoms with van der Waals surface area (Å²) < 4.78 is 3.66. The van der Waals surface area contributed by atoms with Gasteiger partial charge in [-0.25, -0.2) is 0 Å². The van der Waals surface area contributed by atoms with Crippen LogP contribution in [0.4, 0.5) is 5.69 Å². The van der Waals surface area contributed by atoms with Crippen LogP contribution in [0.2, 0.25) is 5.02 Å². The van der Waals surface area contributed by atoms with Crippen LogP contribution in [0.1, 0.15) is 47.4 Å². The molecular formula is C33H32ClN2S2+. The van der Waals surface area contributed by atoms with E-state index in [0.29, 0.717) is 5.92 Å². The Morgan fingerprint density at radius 3 is 2.53 bits per heavy atom. The Morgan fingerprint density at radius 2 is 1.74 bits per heavy atom. The minimum absolute atomic E-state index is 0.420. The number of anilines is 1. The van der Waals surface area contributed by atoms with Crippen molar-refractivity contribution in [1.82, 2.24) is 0 Å². The first-order chi connectivity index (χ1) is 18.4. The number of rotatable bonds is 4. The van der Waals surface area contributed by atoms with Crippen molar-refractivity contribution in [2.75, 3.05) is 11.4 Å². The topological polar surface area (TPSA) is 7.12 Å². The van der Waals surface area contributed by atoms with Crippen LogP contribution in [0.25, 0.3) is 16.3 Å². The summed E-state index contributed by atoms with van der Waals surface area (Å²) in [6.07, 6.45) is 9.29. The number of aromatic nitrogens is 1. The van der Waals surface area contributed by atoms with Gasteiger partial charge in [-0.05, 0) is 104 Å². The normalized spacial score (nSPS) is 19.4. The number of thioether (sulfide) groups is 1. The molecule has 5 heteroatoms. The molecule has 2 aliphatic rings. The van der Waals surface area contributed by atoms with Gasteiger partial charge >= 0.3 is 0 Å². The molecule has 1 aliphatic heterocycles. The van der Waals surface area contributed by atoms with Gasteiger partial charge in [0.05, 0.1) is 10.7 Å². The average molecular weight is 556 g/mol. The van der Waals surface area contributed by atoms with Crippen molar-refractivity contribution < 1.29 is 4.57 Å². The Morgan fingerprint density at radius 1 is 0.974 bits per heavy atom.